The third kappa shape index (κ3) is 4.61. The number of oxime groups is 1. The van der Waals surface area contributed by atoms with Crippen LogP contribution < -0.4 is 15.1 Å². The number of pyridine rings is 1. The molecule has 2 heterocycles. The maximum atomic E-state index is 15.7. The van der Waals surface area contributed by atoms with Crippen LogP contribution in [0.4, 0.5) is 14.5 Å². The Kier molecular flexibility index (Phi) is 7.20. The molecule has 11 heteroatoms. The smallest absolute Gasteiger partial charge is 0.341 e. The summed E-state index contributed by atoms with van der Waals surface area (Å²) in [6.07, 6.45) is 1.09. The number of carboxylic acid groups (broad SMARTS) is 1. The van der Waals surface area contributed by atoms with Crippen molar-refractivity contribution < 1.29 is 28.6 Å². The Balaban J connectivity index is 1.57. The van der Waals surface area contributed by atoms with E-state index in [1.165, 1.54) is 4.57 Å². The highest BCUT2D eigenvalue weighted by Gasteiger charge is 2.27. The number of carbonyl (C=O) groups is 1. The second-order valence-electron chi connectivity index (χ2n) is 8.42. The molecule has 1 aliphatic heterocycles. The van der Waals surface area contributed by atoms with E-state index >= 15 is 8.78 Å². The Morgan fingerprint density at radius 3 is 2.36 bits per heavy atom. The van der Waals surface area contributed by atoms with Crippen LogP contribution in [0, 0.1) is 11.6 Å². The second-order valence-corrected chi connectivity index (χ2v) is 8.42. The van der Waals surface area contributed by atoms with Crippen molar-refractivity contribution in [3.8, 4) is 5.75 Å². The van der Waals surface area contributed by atoms with Gasteiger partial charge in [-0.25, -0.2) is 13.6 Å². The van der Waals surface area contributed by atoms with Crippen LogP contribution in [0.15, 0.2) is 46.5 Å². The molecule has 1 saturated heterocycles. The normalized spacial score (nSPS) is 14.9. The van der Waals surface area contributed by atoms with Gasteiger partial charge in [0, 0.05) is 51.0 Å². The molecule has 0 bridgehead atoms. The summed E-state index contributed by atoms with van der Waals surface area (Å²) in [5.41, 5.74) is -0.659. The summed E-state index contributed by atoms with van der Waals surface area (Å²) in [7, 11) is 1.56. The van der Waals surface area contributed by atoms with Crippen molar-refractivity contribution in [2.75, 3.05) is 44.7 Å². The fourth-order valence-electron chi connectivity index (χ4n) is 4.47. The first-order chi connectivity index (χ1) is 17.3. The predicted octanol–water partition coefficient (Wildman–Crippen LogP) is 3.01. The summed E-state index contributed by atoms with van der Waals surface area (Å²) >= 11 is 0. The number of fused-ring (bicyclic) bond motifs is 1. The van der Waals surface area contributed by atoms with Crippen molar-refractivity contribution in [3.63, 3.8) is 0 Å². The van der Waals surface area contributed by atoms with E-state index in [1.54, 1.807) is 43.2 Å². The molecular weight excluding hydrogens is 474 g/mol. The maximum absolute atomic E-state index is 15.7. The zero-order chi connectivity index (χ0) is 26.0. The molecule has 36 heavy (non-hydrogen) atoms. The molecule has 0 amide bonds. The van der Waals surface area contributed by atoms with Crippen LogP contribution in [-0.2, 0) is 6.54 Å². The topological polar surface area (TPSA) is 108 Å². The predicted molar refractivity (Wildman–Crippen MR) is 131 cm³/mol. The fraction of sp³-hybridized carbons (Fsp3) is 0.320. The first kappa shape index (κ1) is 25.1. The summed E-state index contributed by atoms with van der Waals surface area (Å²) in [6.45, 7) is 3.71. The monoisotopic (exact) mass is 500 g/mol. The highest BCUT2D eigenvalue weighted by molar-refractivity contribution is 6.01. The molecule has 1 aliphatic rings. The van der Waals surface area contributed by atoms with Gasteiger partial charge in [0.1, 0.15) is 28.5 Å². The SMILES string of the molecule is CCn1cc(C(=O)O)c(=O)c2cc(F)c(N3CCN(C/C(=N\O)c4ccc(OC)cc4)CC3)c(F)c21. The molecule has 2 N–H and O–H groups in total. The number of piperazine rings is 1. The van der Waals surface area contributed by atoms with Crippen molar-refractivity contribution in [1.29, 1.82) is 0 Å². The second kappa shape index (κ2) is 10.3. The standard InChI is InChI=1S/C25H26F2N4O5/c1-3-30-13-18(25(33)34)24(32)17-12-19(26)23(21(27)22(17)30)31-10-8-29(9-11-31)14-20(28-35)15-4-6-16(36-2)7-5-15/h4-7,12-13,35H,3,8-11,14H2,1-2H3,(H,33,34)/b28-20+. The lowest BCUT2D eigenvalue weighted by molar-refractivity contribution is 0.0694. The summed E-state index contributed by atoms with van der Waals surface area (Å²) in [5, 5.41) is 21.9. The number of carboxylic acids is 1. The number of ether oxygens (including phenoxy) is 1. The first-order valence-corrected chi connectivity index (χ1v) is 11.4. The largest absolute Gasteiger partial charge is 0.497 e. The summed E-state index contributed by atoms with van der Waals surface area (Å²) < 4.78 is 37.2. The van der Waals surface area contributed by atoms with Gasteiger partial charge in [-0.3, -0.25) is 9.69 Å². The maximum Gasteiger partial charge on any atom is 0.341 e. The molecule has 0 radical (unpaired) electrons. The highest BCUT2D eigenvalue weighted by Crippen LogP contribution is 2.31. The summed E-state index contributed by atoms with van der Waals surface area (Å²) in [4.78, 5) is 27.6. The highest BCUT2D eigenvalue weighted by atomic mass is 19.1. The van der Waals surface area contributed by atoms with E-state index in [2.05, 4.69) is 5.16 Å². The molecule has 9 nitrogen and oxygen atoms in total. The zero-order valence-electron chi connectivity index (χ0n) is 19.9. The summed E-state index contributed by atoms with van der Waals surface area (Å²) in [6, 6.07) is 8.01. The third-order valence-electron chi connectivity index (χ3n) is 6.41. The molecule has 0 saturated carbocycles. The Morgan fingerprint density at radius 2 is 1.81 bits per heavy atom. The molecule has 0 spiro atoms. The number of hydrogen-bond acceptors (Lipinski definition) is 7. The average molecular weight is 501 g/mol. The molecule has 3 aromatic rings. The molecule has 1 fully saturated rings. The number of aromatic nitrogens is 1. The quantitative estimate of drug-likeness (QED) is 0.292. The summed E-state index contributed by atoms with van der Waals surface area (Å²) in [5.74, 6) is -2.60. The number of anilines is 1. The lowest BCUT2D eigenvalue weighted by atomic mass is 10.1. The van der Waals surface area contributed by atoms with Gasteiger partial charge >= 0.3 is 5.97 Å². The molecule has 0 atom stereocenters. The lowest BCUT2D eigenvalue weighted by Gasteiger charge is -2.36. The van der Waals surface area contributed by atoms with E-state index in [0.717, 1.165) is 17.8 Å². The van der Waals surface area contributed by atoms with E-state index in [0.29, 0.717) is 44.2 Å². The molecule has 2 aromatic carbocycles. The van der Waals surface area contributed by atoms with Crippen LogP contribution in [0.3, 0.4) is 0 Å². The van der Waals surface area contributed by atoms with Gasteiger partial charge in [-0.05, 0) is 37.3 Å². The van der Waals surface area contributed by atoms with Crippen molar-refractivity contribution in [3.05, 3.63) is 69.5 Å². The third-order valence-corrected chi connectivity index (χ3v) is 6.41. The zero-order valence-corrected chi connectivity index (χ0v) is 19.9. The number of nitrogens with zero attached hydrogens (tertiary/aromatic N) is 4. The Hall–Kier alpha value is -3.99. The minimum absolute atomic E-state index is 0.125. The molecule has 0 unspecified atom stereocenters. The number of halogens is 2. The molecule has 1 aromatic heterocycles. The molecule has 4 rings (SSSR count). The Labute approximate surface area is 205 Å². The van der Waals surface area contributed by atoms with E-state index < -0.39 is 28.6 Å². The molecular formula is C25H26F2N4O5. The first-order valence-electron chi connectivity index (χ1n) is 11.4. The number of rotatable bonds is 7. The number of hydrogen-bond donors (Lipinski definition) is 2. The number of methoxy groups -OCH3 is 1. The van der Waals surface area contributed by atoms with Gasteiger partial charge in [-0.2, -0.15) is 0 Å². The van der Waals surface area contributed by atoms with E-state index in [1.807, 2.05) is 4.90 Å². The minimum Gasteiger partial charge on any atom is -0.497 e. The Morgan fingerprint density at radius 1 is 1.14 bits per heavy atom. The van der Waals surface area contributed by atoms with Crippen molar-refractivity contribution in [2.24, 2.45) is 5.16 Å². The van der Waals surface area contributed by atoms with E-state index in [4.69, 9.17) is 4.74 Å². The number of benzene rings is 2. The average Bonchev–Trinajstić information content (AvgIpc) is 2.88. The molecule has 0 aliphatic carbocycles. The van der Waals surface area contributed by atoms with Gasteiger partial charge < -0.3 is 24.5 Å². The minimum atomic E-state index is -1.45. The Bertz CT molecular complexity index is 1380. The van der Waals surface area contributed by atoms with Crippen molar-refractivity contribution in [2.45, 2.75) is 13.5 Å². The van der Waals surface area contributed by atoms with Crippen LogP contribution >= 0.6 is 0 Å². The molecule has 190 valence electrons. The van der Waals surface area contributed by atoms with Crippen LogP contribution in [-0.4, -0.2) is 71.3 Å². The van der Waals surface area contributed by atoms with E-state index in [9.17, 15) is 19.9 Å². The van der Waals surface area contributed by atoms with Gasteiger partial charge in [-0.1, -0.05) is 5.16 Å². The van der Waals surface area contributed by atoms with Gasteiger partial charge in [0.15, 0.2) is 5.82 Å². The van der Waals surface area contributed by atoms with Crippen LogP contribution in [0.5, 0.6) is 5.75 Å². The van der Waals surface area contributed by atoms with E-state index in [-0.39, 0.29) is 23.1 Å². The van der Waals surface area contributed by atoms with Crippen molar-refractivity contribution >= 4 is 28.3 Å². The van der Waals surface area contributed by atoms with Gasteiger partial charge in [0.2, 0.25) is 5.43 Å². The fourth-order valence-corrected chi connectivity index (χ4v) is 4.47. The van der Waals surface area contributed by atoms with Gasteiger partial charge in [-0.15, -0.1) is 0 Å². The number of aromatic carboxylic acids is 1. The van der Waals surface area contributed by atoms with Crippen LogP contribution in [0.1, 0.15) is 22.8 Å². The van der Waals surface area contributed by atoms with Gasteiger partial charge in [0.25, 0.3) is 0 Å². The van der Waals surface area contributed by atoms with Crippen molar-refractivity contribution in [1.82, 2.24) is 9.47 Å². The van der Waals surface area contributed by atoms with Crippen LogP contribution in [0.25, 0.3) is 10.9 Å². The van der Waals surface area contributed by atoms with Crippen LogP contribution in [0.2, 0.25) is 0 Å². The number of aryl methyl sites for hydroxylation is 1. The van der Waals surface area contributed by atoms with Gasteiger partial charge in [0.05, 0.1) is 18.0 Å². The lowest BCUT2D eigenvalue weighted by Crippen LogP contribution is -2.48.